The third-order valence-corrected chi connectivity index (χ3v) is 7.01. The average molecular weight is 480 g/mol. The Kier molecular flexibility index (Phi) is 6.41. The number of benzene rings is 1. The van der Waals surface area contributed by atoms with Crippen molar-refractivity contribution in [3.05, 3.63) is 41.6 Å². The van der Waals surface area contributed by atoms with Crippen LogP contribution in [0.3, 0.4) is 0 Å². The van der Waals surface area contributed by atoms with Crippen LogP contribution in [0.5, 0.6) is 0 Å². The quantitative estimate of drug-likeness (QED) is 0.571. The molecule has 1 aromatic carbocycles. The molecule has 186 valence electrons. The fraction of sp³-hybridized carbons (Fsp3) is 0.583. The van der Waals surface area contributed by atoms with E-state index < -0.39 is 18.2 Å². The number of amides is 1. The SMILES string of the molecule is C[C@H]1C[C@@H](N2CC(C)(C)C2)CC[C@@H]1n1cc(C(N)=O)c(Nc2ccc([C@@H](O)C(F)(F)F)cc2)n1. The number of anilines is 2. The first-order valence-corrected chi connectivity index (χ1v) is 11.6. The molecule has 0 bridgehead atoms. The van der Waals surface area contributed by atoms with Crippen molar-refractivity contribution in [2.45, 2.75) is 64.4 Å². The molecule has 2 heterocycles. The number of hydrogen-bond donors (Lipinski definition) is 3. The predicted octanol–water partition coefficient (Wildman–Crippen LogP) is 4.39. The lowest BCUT2D eigenvalue weighted by Crippen LogP contribution is -2.58. The Hall–Kier alpha value is -2.59. The highest BCUT2D eigenvalue weighted by Gasteiger charge is 2.41. The van der Waals surface area contributed by atoms with Gasteiger partial charge in [0.2, 0.25) is 0 Å². The molecule has 1 aliphatic carbocycles. The number of aliphatic hydroxyl groups is 1. The van der Waals surface area contributed by atoms with Crippen molar-refractivity contribution in [3.63, 3.8) is 0 Å². The lowest BCUT2D eigenvalue weighted by atomic mass is 9.77. The number of nitrogens with two attached hydrogens (primary N) is 1. The van der Waals surface area contributed by atoms with Crippen molar-refractivity contribution >= 4 is 17.4 Å². The number of nitrogens with one attached hydrogen (secondary N) is 1. The van der Waals surface area contributed by atoms with Crippen molar-refractivity contribution in [1.82, 2.24) is 14.7 Å². The van der Waals surface area contributed by atoms with Crippen molar-refractivity contribution in [3.8, 4) is 0 Å². The number of primary amides is 1. The largest absolute Gasteiger partial charge is 0.418 e. The third-order valence-electron chi connectivity index (χ3n) is 7.01. The highest BCUT2D eigenvalue weighted by atomic mass is 19.4. The molecule has 1 saturated heterocycles. The minimum absolute atomic E-state index is 0.128. The van der Waals surface area contributed by atoms with Crippen LogP contribution in [0.1, 0.15) is 68.1 Å². The van der Waals surface area contributed by atoms with Gasteiger partial charge in [-0.15, -0.1) is 0 Å². The van der Waals surface area contributed by atoms with Crippen molar-refractivity contribution in [2.75, 3.05) is 18.4 Å². The summed E-state index contributed by atoms with van der Waals surface area (Å²) in [5, 5.41) is 17.0. The normalized spacial score (nSPS) is 26.0. The molecule has 0 radical (unpaired) electrons. The Bertz CT molecular complexity index is 1030. The van der Waals surface area contributed by atoms with Gasteiger partial charge in [-0.1, -0.05) is 32.9 Å². The number of hydrogen-bond acceptors (Lipinski definition) is 5. The molecule has 0 unspecified atom stereocenters. The van der Waals surface area contributed by atoms with Gasteiger partial charge in [-0.3, -0.25) is 14.4 Å². The first kappa shape index (κ1) is 24.5. The fourth-order valence-corrected chi connectivity index (χ4v) is 5.30. The van der Waals surface area contributed by atoms with Crippen molar-refractivity contribution in [1.29, 1.82) is 0 Å². The van der Waals surface area contributed by atoms with Crippen molar-refractivity contribution < 1.29 is 23.1 Å². The highest BCUT2D eigenvalue weighted by molar-refractivity contribution is 5.98. The second-order valence-corrected chi connectivity index (χ2v) is 10.5. The molecule has 7 nitrogen and oxygen atoms in total. The Morgan fingerprint density at radius 2 is 1.88 bits per heavy atom. The number of carbonyl (C=O) groups excluding carboxylic acids is 1. The molecule has 4 atom stereocenters. The summed E-state index contributed by atoms with van der Waals surface area (Å²) < 4.78 is 40.0. The Morgan fingerprint density at radius 3 is 2.41 bits per heavy atom. The summed E-state index contributed by atoms with van der Waals surface area (Å²) in [6.07, 6.45) is -2.59. The molecule has 0 spiro atoms. The van der Waals surface area contributed by atoms with Crippen LogP contribution in [-0.2, 0) is 0 Å². The van der Waals surface area contributed by atoms with Gasteiger partial charge in [0, 0.05) is 31.0 Å². The molecule has 4 N–H and O–H groups in total. The first-order valence-electron chi connectivity index (χ1n) is 11.6. The number of alkyl halides is 3. The van der Waals surface area contributed by atoms with Gasteiger partial charge in [0.15, 0.2) is 11.9 Å². The van der Waals surface area contributed by atoms with E-state index in [1.807, 2.05) is 0 Å². The molecular formula is C24H32F3N5O2. The van der Waals surface area contributed by atoms with E-state index in [-0.39, 0.29) is 23.0 Å². The summed E-state index contributed by atoms with van der Waals surface area (Å²) in [6.45, 7) is 9.01. The molecule has 4 rings (SSSR count). The van der Waals surface area contributed by atoms with E-state index >= 15 is 0 Å². The minimum Gasteiger partial charge on any atom is -0.379 e. The van der Waals surface area contributed by atoms with Crippen LogP contribution in [0.25, 0.3) is 0 Å². The van der Waals surface area contributed by atoms with Crippen LogP contribution < -0.4 is 11.1 Å². The average Bonchev–Trinajstić information content (AvgIpc) is 3.15. The Labute approximate surface area is 197 Å². The summed E-state index contributed by atoms with van der Waals surface area (Å²) in [7, 11) is 0. The smallest absolute Gasteiger partial charge is 0.379 e. The predicted molar refractivity (Wildman–Crippen MR) is 123 cm³/mol. The highest BCUT2D eigenvalue weighted by Crippen LogP contribution is 2.41. The molecule has 1 saturated carbocycles. The zero-order chi connectivity index (χ0) is 24.8. The van der Waals surface area contributed by atoms with Crippen LogP contribution in [0.2, 0.25) is 0 Å². The second-order valence-electron chi connectivity index (χ2n) is 10.5. The molecule has 2 aliphatic rings. The molecule has 2 fully saturated rings. The number of halogens is 3. The summed E-state index contributed by atoms with van der Waals surface area (Å²) in [5.74, 6) is -0.0171. The lowest BCUT2D eigenvalue weighted by Gasteiger charge is -2.52. The third kappa shape index (κ3) is 5.07. The number of carbonyl (C=O) groups is 1. The van der Waals surface area contributed by atoms with E-state index in [1.54, 1.807) is 10.9 Å². The van der Waals surface area contributed by atoms with Crippen LogP contribution in [0.15, 0.2) is 30.5 Å². The Morgan fingerprint density at radius 1 is 1.24 bits per heavy atom. The van der Waals surface area contributed by atoms with Gasteiger partial charge in [-0.2, -0.15) is 18.3 Å². The van der Waals surface area contributed by atoms with Crippen LogP contribution in [0.4, 0.5) is 24.7 Å². The minimum atomic E-state index is -4.74. The standard InChI is InChI=1S/C24H32F3N5O2/c1-14-10-17(31-12-23(2,3)13-31)8-9-19(14)32-11-18(21(28)34)22(30-32)29-16-6-4-15(5-7-16)20(33)24(25,26)27/h4-7,11,14,17,19-20,33H,8-10,12-13H2,1-3H3,(H2,28,34)(H,29,30)/t14-,17-,19-,20+/m0/s1. The molecule has 2 aromatic rings. The number of aliphatic hydroxyl groups excluding tert-OH is 1. The maximum atomic E-state index is 12.7. The molecule has 1 aromatic heterocycles. The maximum Gasteiger partial charge on any atom is 0.418 e. The van der Waals surface area contributed by atoms with E-state index in [0.717, 1.165) is 32.4 Å². The van der Waals surface area contributed by atoms with E-state index in [4.69, 9.17) is 5.73 Å². The summed E-state index contributed by atoms with van der Waals surface area (Å²) in [4.78, 5) is 14.6. The summed E-state index contributed by atoms with van der Waals surface area (Å²) >= 11 is 0. The zero-order valence-electron chi connectivity index (χ0n) is 19.6. The van der Waals surface area contributed by atoms with Crippen molar-refractivity contribution in [2.24, 2.45) is 17.1 Å². The topological polar surface area (TPSA) is 96.4 Å². The number of nitrogens with zero attached hydrogens (tertiary/aromatic N) is 3. The van der Waals surface area contributed by atoms with Crippen LogP contribution in [0, 0.1) is 11.3 Å². The second kappa shape index (κ2) is 8.88. The zero-order valence-corrected chi connectivity index (χ0v) is 19.6. The van der Waals surface area contributed by atoms with Gasteiger partial charge in [0.05, 0.1) is 6.04 Å². The number of aromatic nitrogens is 2. The molecule has 1 amide bonds. The van der Waals surface area contributed by atoms with E-state index in [0.29, 0.717) is 23.1 Å². The van der Waals surface area contributed by atoms with Gasteiger partial charge < -0.3 is 16.2 Å². The summed E-state index contributed by atoms with van der Waals surface area (Å²) in [5.41, 5.74) is 6.35. The van der Waals surface area contributed by atoms with Crippen LogP contribution >= 0.6 is 0 Å². The van der Waals surface area contributed by atoms with E-state index in [2.05, 4.69) is 36.1 Å². The maximum absolute atomic E-state index is 12.7. The molecule has 34 heavy (non-hydrogen) atoms. The molecular weight excluding hydrogens is 447 g/mol. The van der Waals surface area contributed by atoms with Gasteiger partial charge in [0.25, 0.3) is 5.91 Å². The molecule has 1 aliphatic heterocycles. The van der Waals surface area contributed by atoms with Crippen LogP contribution in [-0.4, -0.2) is 51.0 Å². The number of likely N-dealkylation sites (tertiary alicyclic amines) is 1. The van der Waals surface area contributed by atoms with Gasteiger partial charge in [0.1, 0.15) is 5.56 Å². The van der Waals surface area contributed by atoms with Gasteiger partial charge in [-0.25, -0.2) is 0 Å². The summed E-state index contributed by atoms with van der Waals surface area (Å²) in [6, 6.07) is 5.86. The lowest BCUT2D eigenvalue weighted by molar-refractivity contribution is -0.206. The van der Waals surface area contributed by atoms with Gasteiger partial charge >= 0.3 is 6.18 Å². The monoisotopic (exact) mass is 479 g/mol. The molecule has 10 heteroatoms. The van der Waals surface area contributed by atoms with E-state index in [1.165, 1.54) is 24.3 Å². The first-order chi connectivity index (χ1) is 15.8. The Balaban J connectivity index is 1.46. The van der Waals surface area contributed by atoms with E-state index in [9.17, 15) is 23.1 Å². The fourth-order valence-electron chi connectivity index (χ4n) is 5.30. The van der Waals surface area contributed by atoms with Gasteiger partial charge in [-0.05, 0) is 48.3 Å². The number of rotatable bonds is 6.